The van der Waals surface area contributed by atoms with Crippen LogP contribution in [0.2, 0.25) is 0 Å². The topological polar surface area (TPSA) is 95.5 Å². The van der Waals surface area contributed by atoms with Gasteiger partial charge in [0.25, 0.3) is 0 Å². The molecule has 0 amide bonds. The van der Waals surface area contributed by atoms with Crippen LogP contribution in [0.25, 0.3) is 0 Å². The van der Waals surface area contributed by atoms with E-state index in [1.165, 1.54) is 26.2 Å². The average molecular weight is 210 g/mol. The third kappa shape index (κ3) is 2.04. The average Bonchev–Trinajstić information content (AvgIpc) is 2.15. The Morgan fingerprint density at radius 1 is 1.53 bits per heavy atom. The molecule has 0 aromatic heterocycles. The van der Waals surface area contributed by atoms with E-state index >= 15 is 0 Å². The van der Waals surface area contributed by atoms with Crippen molar-refractivity contribution in [2.24, 2.45) is 0 Å². The summed E-state index contributed by atoms with van der Waals surface area (Å²) in [6.07, 6.45) is 0. The van der Waals surface area contributed by atoms with E-state index < -0.39 is 10.7 Å². The fourth-order valence-corrected chi connectivity index (χ4v) is 1.22. The number of hydrogen-bond donors (Lipinski definition) is 1. The number of benzene rings is 1. The molecule has 0 aliphatic carbocycles. The van der Waals surface area contributed by atoms with Crippen LogP contribution in [0.5, 0.6) is 5.75 Å². The van der Waals surface area contributed by atoms with Crippen molar-refractivity contribution in [1.29, 1.82) is 0 Å². The van der Waals surface area contributed by atoms with Crippen LogP contribution in [-0.4, -0.2) is 17.8 Å². The lowest BCUT2D eigenvalue weighted by molar-refractivity contribution is -0.384. The maximum absolute atomic E-state index is 11.2. The number of nitro benzene ring substituents is 1. The molecule has 1 rings (SSSR count). The van der Waals surface area contributed by atoms with Crippen LogP contribution in [-0.2, 0) is 0 Å². The highest BCUT2D eigenvalue weighted by molar-refractivity contribution is 6.00. The Labute approximate surface area is 85.8 Å². The van der Waals surface area contributed by atoms with Gasteiger partial charge in [-0.1, -0.05) is 0 Å². The monoisotopic (exact) mass is 210 g/mol. The molecule has 0 spiro atoms. The van der Waals surface area contributed by atoms with Gasteiger partial charge in [0.2, 0.25) is 0 Å². The molecule has 2 N–H and O–H groups in total. The van der Waals surface area contributed by atoms with E-state index in [9.17, 15) is 14.9 Å². The summed E-state index contributed by atoms with van der Waals surface area (Å²) in [6, 6.07) is 2.61. The van der Waals surface area contributed by atoms with Gasteiger partial charge >= 0.3 is 5.69 Å². The number of hydrogen-bond acceptors (Lipinski definition) is 5. The molecule has 0 aliphatic rings. The molecule has 6 heteroatoms. The number of methoxy groups -OCH3 is 1. The second-order valence-corrected chi connectivity index (χ2v) is 2.93. The van der Waals surface area contributed by atoms with Crippen LogP contribution in [0.3, 0.4) is 0 Å². The second-order valence-electron chi connectivity index (χ2n) is 2.93. The van der Waals surface area contributed by atoms with Crippen molar-refractivity contribution in [1.82, 2.24) is 0 Å². The molecule has 0 atom stereocenters. The molecule has 1 aromatic rings. The summed E-state index contributed by atoms with van der Waals surface area (Å²) in [4.78, 5) is 21.2. The molecule has 1 aromatic carbocycles. The zero-order chi connectivity index (χ0) is 11.6. The van der Waals surface area contributed by atoms with Gasteiger partial charge in [-0.05, 0) is 13.0 Å². The van der Waals surface area contributed by atoms with Gasteiger partial charge in [-0.25, -0.2) is 0 Å². The molecule has 0 aliphatic heterocycles. The molecule has 0 saturated carbocycles. The Morgan fingerprint density at radius 3 is 2.53 bits per heavy atom. The number of carbonyl (C=O) groups excluding carboxylic acids is 1. The smallest absolute Gasteiger partial charge is 0.303 e. The van der Waals surface area contributed by atoms with E-state index in [2.05, 4.69) is 0 Å². The summed E-state index contributed by atoms with van der Waals surface area (Å²) in [6.45, 7) is 1.24. The molecule has 0 unspecified atom stereocenters. The lowest BCUT2D eigenvalue weighted by atomic mass is 10.1. The van der Waals surface area contributed by atoms with Crippen molar-refractivity contribution in [2.75, 3.05) is 12.8 Å². The molecule has 15 heavy (non-hydrogen) atoms. The molecule has 0 saturated heterocycles. The van der Waals surface area contributed by atoms with Crippen molar-refractivity contribution in [3.63, 3.8) is 0 Å². The number of Topliss-reactive ketones (excluding diaryl/α,β-unsaturated/α-hetero) is 1. The molecule has 0 fully saturated rings. The number of anilines is 1. The van der Waals surface area contributed by atoms with Crippen molar-refractivity contribution >= 4 is 17.2 Å². The number of carbonyl (C=O) groups is 1. The Balaban J connectivity index is 3.49. The fourth-order valence-electron chi connectivity index (χ4n) is 1.22. The Bertz CT molecular complexity index is 428. The van der Waals surface area contributed by atoms with Gasteiger partial charge in [0.05, 0.1) is 12.0 Å². The molecule has 6 nitrogen and oxygen atoms in total. The van der Waals surface area contributed by atoms with Crippen LogP contribution in [0.15, 0.2) is 12.1 Å². The number of ketones is 1. The number of nitrogens with two attached hydrogens (primary N) is 1. The first-order valence-electron chi connectivity index (χ1n) is 4.10. The van der Waals surface area contributed by atoms with Crippen LogP contribution in [0.4, 0.5) is 11.4 Å². The Morgan fingerprint density at radius 2 is 2.13 bits per heavy atom. The molecule has 0 bridgehead atoms. The Hall–Kier alpha value is -2.11. The summed E-state index contributed by atoms with van der Waals surface area (Å²) < 4.78 is 4.87. The number of nitrogens with zero attached hydrogens (tertiary/aromatic N) is 1. The molecular formula is C9H10N2O4. The maximum Gasteiger partial charge on any atom is 0.303 e. The van der Waals surface area contributed by atoms with Gasteiger partial charge in [0, 0.05) is 6.07 Å². The lowest BCUT2D eigenvalue weighted by Crippen LogP contribution is -2.04. The predicted octanol–water partition coefficient (Wildman–Crippen LogP) is 1.39. The van der Waals surface area contributed by atoms with Crippen LogP contribution in [0, 0.1) is 10.1 Å². The fraction of sp³-hybridized carbons (Fsp3) is 0.222. The highest BCUT2D eigenvalue weighted by Crippen LogP contribution is 2.31. The van der Waals surface area contributed by atoms with Gasteiger partial charge in [-0.2, -0.15) is 0 Å². The van der Waals surface area contributed by atoms with Gasteiger partial charge in [0.15, 0.2) is 5.78 Å². The number of nitrogen functional groups attached to an aromatic ring is 1. The summed E-state index contributed by atoms with van der Waals surface area (Å²) in [7, 11) is 1.39. The first-order valence-corrected chi connectivity index (χ1v) is 4.10. The van der Waals surface area contributed by atoms with Gasteiger partial charge < -0.3 is 10.5 Å². The largest absolute Gasteiger partial charge is 0.497 e. The van der Waals surface area contributed by atoms with Crippen molar-refractivity contribution in [3.05, 3.63) is 27.8 Å². The molecule has 0 heterocycles. The summed E-state index contributed by atoms with van der Waals surface area (Å²) in [5.41, 5.74) is 4.97. The summed E-state index contributed by atoms with van der Waals surface area (Å²) in [5.74, 6) is -0.101. The minimum atomic E-state index is -0.675. The minimum absolute atomic E-state index is 0.0446. The first-order chi connectivity index (χ1) is 6.97. The first kappa shape index (κ1) is 11.0. The van der Waals surface area contributed by atoms with E-state index in [1.807, 2.05) is 0 Å². The minimum Gasteiger partial charge on any atom is -0.497 e. The number of ether oxygens (including phenoxy) is 1. The van der Waals surface area contributed by atoms with Gasteiger partial charge in [-0.15, -0.1) is 0 Å². The highest BCUT2D eigenvalue weighted by Gasteiger charge is 2.22. The van der Waals surface area contributed by atoms with Gasteiger partial charge in [0.1, 0.15) is 17.0 Å². The van der Waals surface area contributed by atoms with Crippen molar-refractivity contribution in [2.45, 2.75) is 6.92 Å². The second kappa shape index (κ2) is 3.95. The zero-order valence-corrected chi connectivity index (χ0v) is 8.31. The number of rotatable bonds is 3. The standard InChI is InChI=1S/C9H10N2O4/c1-5(12)7-3-6(15-2)4-8(10)9(7)11(13)14/h3-4H,10H2,1-2H3. The molecule has 0 radical (unpaired) electrons. The van der Waals surface area contributed by atoms with Crippen molar-refractivity contribution < 1.29 is 14.5 Å². The number of nitro groups is 1. The zero-order valence-electron chi connectivity index (χ0n) is 8.31. The third-order valence-electron chi connectivity index (χ3n) is 1.91. The normalized spacial score (nSPS) is 9.73. The van der Waals surface area contributed by atoms with E-state index in [4.69, 9.17) is 10.5 Å². The van der Waals surface area contributed by atoms with E-state index in [0.29, 0.717) is 5.75 Å². The Kier molecular flexibility index (Phi) is 2.89. The predicted molar refractivity (Wildman–Crippen MR) is 54.1 cm³/mol. The van der Waals surface area contributed by atoms with Crippen LogP contribution < -0.4 is 10.5 Å². The highest BCUT2D eigenvalue weighted by atomic mass is 16.6. The maximum atomic E-state index is 11.2. The molecule has 80 valence electrons. The molecular weight excluding hydrogens is 200 g/mol. The van der Waals surface area contributed by atoms with E-state index in [0.717, 1.165) is 0 Å². The van der Waals surface area contributed by atoms with Gasteiger partial charge in [-0.3, -0.25) is 14.9 Å². The van der Waals surface area contributed by atoms with E-state index in [-0.39, 0.29) is 16.9 Å². The SMILES string of the molecule is COc1cc(N)c([N+](=O)[O-])c(C(C)=O)c1. The quantitative estimate of drug-likeness (QED) is 0.352. The van der Waals surface area contributed by atoms with E-state index in [1.54, 1.807) is 0 Å². The summed E-state index contributed by atoms with van der Waals surface area (Å²) in [5, 5.41) is 10.7. The third-order valence-corrected chi connectivity index (χ3v) is 1.91. The van der Waals surface area contributed by atoms with Crippen LogP contribution >= 0.6 is 0 Å². The summed E-state index contributed by atoms with van der Waals surface area (Å²) >= 11 is 0. The van der Waals surface area contributed by atoms with Crippen molar-refractivity contribution in [3.8, 4) is 5.75 Å². The van der Waals surface area contributed by atoms with Crippen LogP contribution in [0.1, 0.15) is 17.3 Å². The lowest BCUT2D eigenvalue weighted by Gasteiger charge is -2.05.